The van der Waals surface area contributed by atoms with Crippen molar-refractivity contribution in [1.82, 2.24) is 14.8 Å². The van der Waals surface area contributed by atoms with Gasteiger partial charge in [-0.05, 0) is 67.5 Å². The average Bonchev–Trinajstić information content (AvgIpc) is 3.18. The predicted octanol–water partition coefficient (Wildman–Crippen LogP) is 5.30. The molecule has 1 saturated carbocycles. The Morgan fingerprint density at radius 1 is 1.10 bits per heavy atom. The first kappa shape index (κ1) is 19.7. The summed E-state index contributed by atoms with van der Waals surface area (Å²) in [6.07, 6.45) is 11.7. The number of aryl methyl sites for hydroxylation is 1. The largest absolute Gasteiger partial charge is 0.299 e. The van der Waals surface area contributed by atoms with Crippen molar-refractivity contribution < 1.29 is 9.18 Å². The van der Waals surface area contributed by atoms with Crippen molar-refractivity contribution in [2.75, 3.05) is 6.67 Å². The van der Waals surface area contributed by atoms with Gasteiger partial charge in [-0.15, -0.1) is 0 Å². The van der Waals surface area contributed by atoms with Crippen LogP contribution in [0.4, 0.5) is 4.39 Å². The molecular formula is C24H28FN3O. The lowest BCUT2D eigenvalue weighted by Crippen LogP contribution is -2.23. The number of alkyl halides is 1. The zero-order valence-corrected chi connectivity index (χ0v) is 17.0. The smallest absolute Gasteiger partial charge is 0.141 e. The van der Waals surface area contributed by atoms with Crippen molar-refractivity contribution in [1.29, 1.82) is 0 Å². The van der Waals surface area contributed by atoms with Crippen LogP contribution in [0.2, 0.25) is 0 Å². The predicted molar refractivity (Wildman–Crippen MR) is 113 cm³/mol. The van der Waals surface area contributed by atoms with E-state index in [1.807, 2.05) is 31.7 Å². The third kappa shape index (κ3) is 4.72. The van der Waals surface area contributed by atoms with Gasteiger partial charge in [-0.3, -0.25) is 18.9 Å². The number of carbonyl (C=O) groups is 1. The molecule has 0 aliphatic heterocycles. The maximum atomic E-state index is 12.8. The second-order valence-corrected chi connectivity index (χ2v) is 8.33. The standard InChI is InChI=1S/C24H28FN3O/c1-28-16-22(15-27-28)19-8-9-20-14-26-23(12-21(20)11-19)13-24(29)18-6-4-17(5-7-18)3-2-10-25/h8-9,11-12,14-18H,2-7,10,13H2,1H3. The molecular weight excluding hydrogens is 365 g/mol. The van der Waals surface area contributed by atoms with Crippen LogP contribution in [0.15, 0.2) is 42.9 Å². The molecule has 1 aromatic carbocycles. The number of rotatable bonds is 7. The molecule has 0 spiro atoms. The van der Waals surface area contributed by atoms with E-state index in [1.54, 1.807) is 4.68 Å². The van der Waals surface area contributed by atoms with Crippen molar-refractivity contribution >= 4 is 16.6 Å². The summed E-state index contributed by atoms with van der Waals surface area (Å²) in [4.78, 5) is 17.3. The van der Waals surface area contributed by atoms with Gasteiger partial charge in [0.15, 0.2) is 0 Å². The molecule has 29 heavy (non-hydrogen) atoms. The van der Waals surface area contributed by atoms with Gasteiger partial charge in [0.2, 0.25) is 0 Å². The number of carbonyl (C=O) groups excluding carboxylic acids is 1. The lowest BCUT2D eigenvalue weighted by Gasteiger charge is -2.27. The van der Waals surface area contributed by atoms with E-state index in [-0.39, 0.29) is 12.6 Å². The Morgan fingerprint density at radius 2 is 1.93 bits per heavy atom. The minimum atomic E-state index is -0.227. The van der Waals surface area contributed by atoms with Crippen molar-refractivity contribution in [2.45, 2.75) is 44.9 Å². The minimum absolute atomic E-state index is 0.135. The number of hydrogen-bond donors (Lipinski definition) is 0. The van der Waals surface area contributed by atoms with Crippen LogP contribution in [0.5, 0.6) is 0 Å². The SMILES string of the molecule is Cn1cc(-c2ccc3cnc(CC(=O)C4CCC(CCCF)CC4)cc3c2)cn1. The minimum Gasteiger partial charge on any atom is -0.299 e. The second kappa shape index (κ2) is 8.85. The van der Waals surface area contributed by atoms with Gasteiger partial charge in [-0.1, -0.05) is 12.1 Å². The molecule has 3 aromatic rings. The van der Waals surface area contributed by atoms with E-state index in [1.165, 1.54) is 0 Å². The van der Waals surface area contributed by atoms with E-state index in [2.05, 4.69) is 28.3 Å². The summed E-state index contributed by atoms with van der Waals surface area (Å²) in [7, 11) is 1.91. The van der Waals surface area contributed by atoms with Crippen LogP contribution in [0.25, 0.3) is 21.9 Å². The molecule has 4 rings (SSSR count). The maximum Gasteiger partial charge on any atom is 0.141 e. The Hall–Kier alpha value is -2.56. The summed E-state index contributed by atoms with van der Waals surface area (Å²) in [6.45, 7) is -0.227. The Morgan fingerprint density at radius 3 is 2.66 bits per heavy atom. The third-order valence-corrected chi connectivity index (χ3v) is 6.22. The summed E-state index contributed by atoms with van der Waals surface area (Å²) >= 11 is 0. The number of nitrogens with zero attached hydrogens (tertiary/aromatic N) is 3. The molecule has 4 nitrogen and oxygen atoms in total. The molecule has 0 atom stereocenters. The highest BCUT2D eigenvalue weighted by Gasteiger charge is 2.26. The molecule has 1 aliphatic carbocycles. The fourth-order valence-electron chi connectivity index (χ4n) is 4.49. The third-order valence-electron chi connectivity index (χ3n) is 6.22. The van der Waals surface area contributed by atoms with Gasteiger partial charge in [-0.25, -0.2) is 0 Å². The lowest BCUT2D eigenvalue weighted by molar-refractivity contribution is -0.123. The van der Waals surface area contributed by atoms with E-state index >= 15 is 0 Å². The van der Waals surface area contributed by atoms with Gasteiger partial charge in [0.1, 0.15) is 5.78 Å². The van der Waals surface area contributed by atoms with Gasteiger partial charge >= 0.3 is 0 Å². The Bertz CT molecular complexity index is 989. The maximum absolute atomic E-state index is 12.8. The number of ketones is 1. The first-order valence-electron chi connectivity index (χ1n) is 10.6. The highest BCUT2D eigenvalue weighted by atomic mass is 19.1. The van der Waals surface area contributed by atoms with Crippen molar-refractivity contribution in [2.24, 2.45) is 18.9 Å². The summed E-state index contributed by atoms with van der Waals surface area (Å²) in [5.41, 5.74) is 3.03. The first-order valence-corrected chi connectivity index (χ1v) is 10.6. The first-order chi connectivity index (χ1) is 14.1. The van der Waals surface area contributed by atoms with Gasteiger partial charge in [-0.2, -0.15) is 5.10 Å². The molecule has 5 heteroatoms. The van der Waals surface area contributed by atoms with Crippen LogP contribution < -0.4 is 0 Å². The normalized spacial score (nSPS) is 19.5. The Balaban J connectivity index is 1.43. The molecule has 2 aromatic heterocycles. The quantitative estimate of drug-likeness (QED) is 0.547. The molecule has 1 aliphatic rings. The summed E-state index contributed by atoms with van der Waals surface area (Å²) in [6, 6.07) is 8.32. The van der Waals surface area contributed by atoms with Crippen LogP contribution in [0.1, 0.15) is 44.2 Å². The molecule has 0 radical (unpaired) electrons. The molecule has 0 amide bonds. The summed E-state index contributed by atoms with van der Waals surface area (Å²) < 4.78 is 14.2. The number of fused-ring (bicyclic) bond motifs is 1. The van der Waals surface area contributed by atoms with Crippen LogP contribution in [0, 0.1) is 11.8 Å². The monoisotopic (exact) mass is 393 g/mol. The van der Waals surface area contributed by atoms with E-state index < -0.39 is 0 Å². The number of halogens is 1. The van der Waals surface area contributed by atoms with Crippen molar-refractivity contribution in [3.8, 4) is 11.1 Å². The summed E-state index contributed by atoms with van der Waals surface area (Å²) in [5, 5.41) is 6.41. The Labute approximate surface area is 171 Å². The number of Topliss-reactive ketones (excluding diaryl/α,β-unsaturated/α-hetero) is 1. The van der Waals surface area contributed by atoms with E-state index in [0.717, 1.165) is 59.7 Å². The molecule has 2 heterocycles. The van der Waals surface area contributed by atoms with Gasteiger partial charge in [0.25, 0.3) is 0 Å². The topological polar surface area (TPSA) is 47.8 Å². The average molecular weight is 394 g/mol. The lowest BCUT2D eigenvalue weighted by atomic mass is 9.77. The fourth-order valence-corrected chi connectivity index (χ4v) is 4.49. The van der Waals surface area contributed by atoms with E-state index in [9.17, 15) is 9.18 Å². The molecule has 152 valence electrons. The zero-order chi connectivity index (χ0) is 20.2. The molecule has 0 unspecified atom stereocenters. The molecule has 0 saturated heterocycles. The van der Waals surface area contributed by atoms with E-state index in [0.29, 0.717) is 24.5 Å². The molecule has 1 fully saturated rings. The number of hydrogen-bond acceptors (Lipinski definition) is 3. The number of aromatic nitrogens is 3. The second-order valence-electron chi connectivity index (χ2n) is 8.33. The van der Waals surface area contributed by atoms with Crippen molar-refractivity contribution in [3.63, 3.8) is 0 Å². The van der Waals surface area contributed by atoms with Crippen LogP contribution in [-0.2, 0) is 18.3 Å². The van der Waals surface area contributed by atoms with E-state index in [4.69, 9.17) is 0 Å². The van der Waals surface area contributed by atoms with Crippen LogP contribution in [0.3, 0.4) is 0 Å². The fraction of sp³-hybridized carbons (Fsp3) is 0.458. The van der Waals surface area contributed by atoms with Crippen molar-refractivity contribution in [3.05, 3.63) is 48.5 Å². The van der Waals surface area contributed by atoms with Crippen LogP contribution in [-0.4, -0.2) is 27.2 Å². The van der Waals surface area contributed by atoms with Gasteiger partial charge in [0.05, 0.1) is 12.9 Å². The summed E-state index contributed by atoms with van der Waals surface area (Å²) in [5.74, 6) is 1.03. The number of benzene rings is 1. The molecule has 0 N–H and O–H groups in total. The van der Waals surface area contributed by atoms with Gasteiger partial charge < -0.3 is 0 Å². The van der Waals surface area contributed by atoms with Gasteiger partial charge in [0, 0.05) is 48.4 Å². The van der Waals surface area contributed by atoms with Crippen LogP contribution >= 0.6 is 0 Å². The zero-order valence-electron chi connectivity index (χ0n) is 17.0. The highest BCUT2D eigenvalue weighted by molar-refractivity contribution is 5.88. The Kier molecular flexibility index (Phi) is 6.02. The number of pyridine rings is 1. The highest BCUT2D eigenvalue weighted by Crippen LogP contribution is 2.33. The molecule has 0 bridgehead atoms.